The lowest BCUT2D eigenvalue weighted by Gasteiger charge is -2.13. The lowest BCUT2D eigenvalue weighted by Crippen LogP contribution is -2.15. The third-order valence-electron chi connectivity index (χ3n) is 2.40. The molecule has 1 aromatic rings. The second kappa shape index (κ2) is 8.49. The van der Waals surface area contributed by atoms with Gasteiger partial charge in [0.15, 0.2) is 5.82 Å². The van der Waals surface area contributed by atoms with Crippen molar-refractivity contribution in [3.63, 3.8) is 0 Å². The zero-order chi connectivity index (χ0) is 14.1. The van der Waals surface area contributed by atoms with E-state index in [4.69, 9.17) is 19.9 Å². The summed E-state index contributed by atoms with van der Waals surface area (Å²) in [6.07, 6.45) is 0.708. The van der Waals surface area contributed by atoms with Crippen LogP contribution in [0.3, 0.4) is 0 Å². The van der Waals surface area contributed by atoms with E-state index in [1.165, 1.54) is 0 Å². The van der Waals surface area contributed by atoms with Crippen LogP contribution in [0.5, 0.6) is 5.88 Å². The number of hydrogen-bond donors (Lipinski definition) is 2. The first-order chi connectivity index (χ1) is 9.22. The number of methoxy groups -OCH3 is 2. The predicted octanol–water partition coefficient (Wildman–Crippen LogP) is 0.705. The number of ether oxygens (including phenoxy) is 3. The normalized spacial score (nSPS) is 10.5. The lowest BCUT2D eigenvalue weighted by molar-refractivity contribution is 0.144. The van der Waals surface area contributed by atoms with Crippen molar-refractivity contribution in [1.29, 1.82) is 0 Å². The molecule has 7 heteroatoms. The number of aryl methyl sites for hydroxylation is 1. The van der Waals surface area contributed by atoms with Gasteiger partial charge in [-0.2, -0.15) is 4.98 Å². The maximum Gasteiger partial charge on any atom is 0.242 e. The summed E-state index contributed by atoms with van der Waals surface area (Å²) in [5.41, 5.74) is 6.38. The van der Waals surface area contributed by atoms with Gasteiger partial charge < -0.3 is 25.3 Å². The Morgan fingerprint density at radius 1 is 1.11 bits per heavy atom. The Morgan fingerprint density at radius 3 is 2.47 bits per heavy atom. The first-order valence-electron chi connectivity index (χ1n) is 6.23. The zero-order valence-electron chi connectivity index (χ0n) is 11.7. The van der Waals surface area contributed by atoms with Crippen LogP contribution in [0.1, 0.15) is 12.7 Å². The van der Waals surface area contributed by atoms with Crippen molar-refractivity contribution in [2.45, 2.75) is 13.3 Å². The molecule has 0 unspecified atom stereocenters. The smallest absolute Gasteiger partial charge is 0.242 e. The Balaban J connectivity index is 2.80. The largest absolute Gasteiger partial charge is 0.474 e. The van der Waals surface area contributed by atoms with Crippen molar-refractivity contribution >= 4 is 11.5 Å². The number of nitrogen functional groups attached to an aromatic ring is 1. The van der Waals surface area contributed by atoms with Crippen LogP contribution < -0.4 is 15.8 Å². The van der Waals surface area contributed by atoms with E-state index in [1.807, 2.05) is 6.92 Å². The molecule has 0 amide bonds. The molecular weight excluding hydrogens is 248 g/mol. The quantitative estimate of drug-likeness (QED) is 0.638. The lowest BCUT2D eigenvalue weighted by atomic mass is 10.4. The van der Waals surface area contributed by atoms with Crippen LogP contribution in [0, 0.1) is 0 Å². The summed E-state index contributed by atoms with van der Waals surface area (Å²) >= 11 is 0. The van der Waals surface area contributed by atoms with Crippen LogP contribution in [0.2, 0.25) is 0 Å². The van der Waals surface area contributed by atoms with Crippen LogP contribution in [0.4, 0.5) is 11.5 Å². The molecule has 108 valence electrons. The van der Waals surface area contributed by atoms with Gasteiger partial charge in [0.05, 0.1) is 13.2 Å². The van der Waals surface area contributed by atoms with Crippen LogP contribution in [0.15, 0.2) is 0 Å². The molecule has 0 bridgehead atoms. The van der Waals surface area contributed by atoms with Gasteiger partial charge in [-0.25, -0.2) is 4.98 Å². The highest BCUT2D eigenvalue weighted by molar-refractivity contribution is 5.66. The van der Waals surface area contributed by atoms with Gasteiger partial charge in [0.1, 0.15) is 18.1 Å². The van der Waals surface area contributed by atoms with Gasteiger partial charge >= 0.3 is 0 Å². The predicted molar refractivity (Wildman–Crippen MR) is 73.6 cm³/mol. The Kier molecular flexibility index (Phi) is 6.91. The minimum Gasteiger partial charge on any atom is -0.474 e. The maximum atomic E-state index is 5.98. The van der Waals surface area contributed by atoms with Crippen LogP contribution in [-0.4, -0.2) is 50.6 Å². The third kappa shape index (κ3) is 4.88. The van der Waals surface area contributed by atoms with E-state index in [-0.39, 0.29) is 0 Å². The third-order valence-corrected chi connectivity index (χ3v) is 2.40. The molecule has 0 aliphatic rings. The van der Waals surface area contributed by atoms with Crippen LogP contribution in [0.25, 0.3) is 0 Å². The zero-order valence-corrected chi connectivity index (χ0v) is 11.7. The van der Waals surface area contributed by atoms with Crippen LogP contribution in [-0.2, 0) is 15.9 Å². The highest BCUT2D eigenvalue weighted by Crippen LogP contribution is 2.26. The number of rotatable bonds is 9. The Labute approximate surface area is 113 Å². The first kappa shape index (κ1) is 15.5. The molecule has 0 atom stereocenters. The average Bonchev–Trinajstić information content (AvgIpc) is 2.42. The van der Waals surface area contributed by atoms with Gasteiger partial charge in [-0.3, -0.25) is 0 Å². The van der Waals surface area contributed by atoms with E-state index in [1.54, 1.807) is 14.2 Å². The molecule has 0 aromatic carbocycles. The summed E-state index contributed by atoms with van der Waals surface area (Å²) in [6.45, 7) is 4.06. The minimum atomic E-state index is 0.392. The summed E-state index contributed by atoms with van der Waals surface area (Å²) in [7, 11) is 3.25. The molecule has 1 rings (SSSR count). The van der Waals surface area contributed by atoms with E-state index < -0.39 is 0 Å². The Morgan fingerprint density at radius 2 is 1.84 bits per heavy atom. The molecule has 1 aromatic heterocycles. The molecule has 1 heterocycles. The summed E-state index contributed by atoms with van der Waals surface area (Å²) in [4.78, 5) is 8.60. The number of nitrogens with zero attached hydrogens (tertiary/aromatic N) is 2. The van der Waals surface area contributed by atoms with Crippen LogP contribution >= 0.6 is 0 Å². The highest BCUT2D eigenvalue weighted by atomic mass is 16.5. The van der Waals surface area contributed by atoms with Crippen molar-refractivity contribution in [3.05, 3.63) is 5.82 Å². The average molecular weight is 270 g/mol. The topological polar surface area (TPSA) is 91.5 Å². The summed E-state index contributed by atoms with van der Waals surface area (Å²) in [5.74, 6) is 1.65. The Bertz CT molecular complexity index is 356. The molecule has 0 saturated heterocycles. The molecule has 7 nitrogen and oxygen atoms in total. The molecular formula is C12H22N4O3. The second-order valence-corrected chi connectivity index (χ2v) is 3.82. The van der Waals surface area contributed by atoms with E-state index in [2.05, 4.69) is 15.3 Å². The van der Waals surface area contributed by atoms with Gasteiger partial charge in [-0.1, -0.05) is 6.92 Å². The molecule has 0 radical (unpaired) electrons. The molecule has 0 saturated carbocycles. The number of aromatic nitrogens is 2. The van der Waals surface area contributed by atoms with Crippen molar-refractivity contribution in [1.82, 2.24) is 9.97 Å². The van der Waals surface area contributed by atoms with E-state index in [9.17, 15) is 0 Å². The molecule has 0 spiro atoms. The molecule has 19 heavy (non-hydrogen) atoms. The van der Waals surface area contributed by atoms with Gasteiger partial charge in [0.2, 0.25) is 5.88 Å². The fourth-order valence-electron chi connectivity index (χ4n) is 1.39. The highest BCUT2D eigenvalue weighted by Gasteiger charge is 2.12. The number of anilines is 2. The summed E-state index contributed by atoms with van der Waals surface area (Å²) in [6, 6.07) is 0. The number of hydrogen-bond acceptors (Lipinski definition) is 7. The van der Waals surface area contributed by atoms with Gasteiger partial charge in [-0.05, 0) is 0 Å². The maximum absolute atomic E-state index is 5.98. The Hall–Kier alpha value is -1.60. The SMILES string of the molecule is CCc1nc(NCCOC)c(N)c(OCCOC)n1. The van der Waals surface area contributed by atoms with Crippen molar-refractivity contribution in [2.24, 2.45) is 0 Å². The van der Waals surface area contributed by atoms with E-state index >= 15 is 0 Å². The standard InChI is InChI=1S/C12H22N4O3/c1-4-9-15-11(14-5-6-17-2)10(13)12(16-9)19-8-7-18-3/h4-8,13H2,1-3H3,(H,14,15,16). The monoisotopic (exact) mass is 270 g/mol. The van der Waals surface area contributed by atoms with Gasteiger partial charge in [0, 0.05) is 27.2 Å². The van der Waals surface area contributed by atoms with E-state index in [0.717, 1.165) is 0 Å². The van der Waals surface area contributed by atoms with E-state index in [0.29, 0.717) is 56.0 Å². The number of nitrogens with two attached hydrogens (primary N) is 1. The fraction of sp³-hybridized carbons (Fsp3) is 0.667. The molecule has 0 aliphatic carbocycles. The summed E-state index contributed by atoms with van der Waals surface area (Å²) in [5, 5.41) is 3.11. The first-order valence-corrected chi connectivity index (χ1v) is 6.23. The van der Waals surface area contributed by atoms with Crippen molar-refractivity contribution < 1.29 is 14.2 Å². The van der Waals surface area contributed by atoms with Crippen molar-refractivity contribution in [3.8, 4) is 5.88 Å². The minimum absolute atomic E-state index is 0.392. The molecule has 0 fully saturated rings. The number of nitrogens with one attached hydrogen (secondary N) is 1. The van der Waals surface area contributed by atoms with Gasteiger partial charge in [0.25, 0.3) is 0 Å². The second-order valence-electron chi connectivity index (χ2n) is 3.82. The molecule has 3 N–H and O–H groups in total. The molecule has 0 aliphatic heterocycles. The van der Waals surface area contributed by atoms with Gasteiger partial charge in [-0.15, -0.1) is 0 Å². The van der Waals surface area contributed by atoms with Crippen molar-refractivity contribution in [2.75, 3.05) is 51.6 Å². The summed E-state index contributed by atoms with van der Waals surface area (Å²) < 4.78 is 15.4. The fourth-order valence-corrected chi connectivity index (χ4v) is 1.39.